The first-order valence-electron chi connectivity index (χ1n) is 19.4. The summed E-state index contributed by atoms with van der Waals surface area (Å²) >= 11 is 0. The van der Waals surface area contributed by atoms with Crippen molar-refractivity contribution in [1.29, 1.82) is 0 Å². The number of ether oxygens (including phenoxy) is 5. The molecule has 8 aliphatic rings. The van der Waals surface area contributed by atoms with Gasteiger partial charge in [-0.2, -0.15) is 0 Å². The minimum absolute atomic E-state index is 0.0561. The molecule has 3 saturated heterocycles. The first-order chi connectivity index (χ1) is 23.1. The van der Waals surface area contributed by atoms with Crippen LogP contribution >= 0.6 is 0 Å². The van der Waals surface area contributed by atoms with Gasteiger partial charge in [0.15, 0.2) is 12.6 Å². The lowest BCUT2D eigenvalue weighted by molar-refractivity contribution is -0.359. The fraction of sp³-hybridized carbons (Fsp3) is 0.850. The second-order valence-electron chi connectivity index (χ2n) is 17.5. The van der Waals surface area contributed by atoms with E-state index in [0.29, 0.717) is 53.1 Å². The van der Waals surface area contributed by atoms with E-state index >= 15 is 0 Å². The number of aliphatic hydroxyl groups excluding tert-OH is 3. The normalized spacial score (nSPS) is 51.9. The van der Waals surface area contributed by atoms with Crippen molar-refractivity contribution in [2.75, 3.05) is 13.2 Å². The van der Waals surface area contributed by atoms with Gasteiger partial charge in [-0.05, 0) is 117 Å². The molecule has 5 aliphatic carbocycles. The Kier molecular flexibility index (Phi) is 9.31. The molecule has 8 heteroatoms. The number of aliphatic hydroxyl groups is 3. The van der Waals surface area contributed by atoms with E-state index in [2.05, 4.69) is 45.9 Å². The van der Waals surface area contributed by atoms with E-state index in [0.717, 1.165) is 56.9 Å². The molecule has 0 aromatic rings. The molecule has 3 heterocycles. The topological polar surface area (TPSA) is 107 Å². The van der Waals surface area contributed by atoms with Gasteiger partial charge in [0.05, 0.1) is 24.9 Å². The molecule has 0 aromatic carbocycles. The number of hydrogen-bond donors (Lipinski definition) is 3. The largest absolute Gasteiger partial charge is 0.396 e. The van der Waals surface area contributed by atoms with Crippen LogP contribution in [0.5, 0.6) is 0 Å². The molecule has 3 N–H and O–H groups in total. The van der Waals surface area contributed by atoms with E-state index in [-0.39, 0.29) is 24.7 Å². The van der Waals surface area contributed by atoms with Gasteiger partial charge in [-0.1, -0.05) is 57.6 Å². The van der Waals surface area contributed by atoms with Gasteiger partial charge in [0.25, 0.3) is 0 Å². The third kappa shape index (κ3) is 5.64. The molecule has 0 radical (unpaired) electrons. The van der Waals surface area contributed by atoms with E-state index in [4.69, 9.17) is 23.7 Å². The highest BCUT2D eigenvalue weighted by Crippen LogP contribution is 2.69. The Morgan fingerprint density at radius 2 is 1.85 bits per heavy atom. The van der Waals surface area contributed by atoms with Crippen LogP contribution in [0.1, 0.15) is 98.3 Å². The summed E-state index contributed by atoms with van der Waals surface area (Å²) in [6.07, 6.45) is 16.4. The Balaban J connectivity index is 0.900. The molecule has 0 spiro atoms. The Morgan fingerprint density at radius 3 is 2.65 bits per heavy atom. The zero-order valence-corrected chi connectivity index (χ0v) is 29.5. The second kappa shape index (κ2) is 13.1. The lowest BCUT2D eigenvalue weighted by atomic mass is 9.47. The van der Waals surface area contributed by atoms with Gasteiger partial charge in [0.1, 0.15) is 24.4 Å². The van der Waals surface area contributed by atoms with E-state index < -0.39 is 37.0 Å². The molecule has 0 bridgehead atoms. The van der Waals surface area contributed by atoms with Crippen LogP contribution < -0.4 is 0 Å². The lowest BCUT2D eigenvalue weighted by Gasteiger charge is -2.58. The summed E-state index contributed by atoms with van der Waals surface area (Å²) in [5.41, 5.74) is 3.00. The van der Waals surface area contributed by atoms with Gasteiger partial charge in [-0.15, -0.1) is 0 Å². The number of hydrogen-bond acceptors (Lipinski definition) is 8. The van der Waals surface area contributed by atoms with Gasteiger partial charge in [-0.25, -0.2) is 0 Å². The highest BCUT2D eigenvalue weighted by atomic mass is 16.8. The number of allylic oxidation sites excluding steroid dienone is 3. The van der Waals surface area contributed by atoms with Crippen LogP contribution in [0.15, 0.2) is 35.5 Å². The van der Waals surface area contributed by atoms with Crippen molar-refractivity contribution in [2.24, 2.45) is 46.3 Å². The molecule has 17 atom stereocenters. The SMILES string of the molecule is CC(CO)CCC1OC2CC3C4CC=C5CC(OC6OC7COC(C8=CCCC=C8)OC7C(O)C6O)CCC5(C)C4CCC3(C)C2C1C. The van der Waals surface area contributed by atoms with Crippen molar-refractivity contribution < 1.29 is 39.0 Å². The Hall–Kier alpha value is -1.10. The average Bonchev–Trinajstić information content (AvgIpc) is 3.58. The number of fused-ring (bicyclic) bond motifs is 8. The van der Waals surface area contributed by atoms with Gasteiger partial charge >= 0.3 is 0 Å². The summed E-state index contributed by atoms with van der Waals surface area (Å²) in [5, 5.41) is 31.8. The van der Waals surface area contributed by atoms with E-state index in [1.54, 1.807) is 0 Å². The van der Waals surface area contributed by atoms with Crippen molar-refractivity contribution in [3.63, 3.8) is 0 Å². The summed E-state index contributed by atoms with van der Waals surface area (Å²) in [7, 11) is 0. The standard InChI is InChI=1S/C40H60O8/c1-22(20-41)10-13-30-23(2)33-31(46-30)19-29-27-12-11-25-18-26(14-16-39(25,3)28(27)15-17-40(29,33)4)45-38-35(43)34(42)36-32(47-38)21-44-37(48-36)24-8-6-5-7-9-24/h6,8-9,11,22-23,26-38,41-43H,5,7,10,12-21H2,1-4H3. The van der Waals surface area contributed by atoms with E-state index in [9.17, 15) is 15.3 Å². The minimum atomic E-state index is -1.18. The molecule has 48 heavy (non-hydrogen) atoms. The summed E-state index contributed by atoms with van der Waals surface area (Å²) < 4.78 is 31.7. The van der Waals surface area contributed by atoms with Gasteiger partial charge < -0.3 is 39.0 Å². The Bertz CT molecular complexity index is 1280. The lowest BCUT2D eigenvalue weighted by Crippen LogP contribution is -2.63. The maximum atomic E-state index is 11.1. The highest BCUT2D eigenvalue weighted by Gasteiger charge is 2.65. The highest BCUT2D eigenvalue weighted by molar-refractivity contribution is 5.27. The fourth-order valence-corrected chi connectivity index (χ4v) is 12.2. The van der Waals surface area contributed by atoms with Crippen LogP contribution in [-0.2, 0) is 23.7 Å². The van der Waals surface area contributed by atoms with Crippen LogP contribution in [0.4, 0.5) is 0 Å². The first kappa shape index (κ1) is 34.0. The van der Waals surface area contributed by atoms with Gasteiger partial charge in [0.2, 0.25) is 0 Å². The summed E-state index contributed by atoms with van der Waals surface area (Å²) in [6.45, 7) is 10.3. The first-order valence-corrected chi connectivity index (χ1v) is 19.4. The maximum absolute atomic E-state index is 11.1. The monoisotopic (exact) mass is 668 g/mol. The quantitative estimate of drug-likeness (QED) is 0.291. The van der Waals surface area contributed by atoms with E-state index in [1.165, 1.54) is 24.8 Å². The van der Waals surface area contributed by atoms with Crippen LogP contribution in [-0.4, -0.2) is 83.8 Å². The summed E-state index contributed by atoms with van der Waals surface area (Å²) in [4.78, 5) is 0. The fourth-order valence-electron chi connectivity index (χ4n) is 12.2. The van der Waals surface area contributed by atoms with Crippen molar-refractivity contribution in [3.05, 3.63) is 35.5 Å². The van der Waals surface area contributed by atoms with Crippen LogP contribution in [0.25, 0.3) is 0 Å². The molecule has 268 valence electrons. The molecule has 8 rings (SSSR count). The van der Waals surface area contributed by atoms with E-state index in [1.807, 2.05) is 6.08 Å². The summed E-state index contributed by atoms with van der Waals surface area (Å²) in [5.74, 6) is 3.67. The molecule has 3 saturated carbocycles. The second-order valence-corrected chi connectivity index (χ2v) is 17.5. The molecule has 0 aromatic heterocycles. The van der Waals surface area contributed by atoms with Crippen LogP contribution in [0.2, 0.25) is 0 Å². The molecule has 0 amide bonds. The molecule has 8 nitrogen and oxygen atoms in total. The molecular weight excluding hydrogens is 608 g/mol. The van der Waals surface area contributed by atoms with Gasteiger partial charge in [-0.3, -0.25) is 0 Å². The predicted octanol–water partition coefficient (Wildman–Crippen LogP) is 5.84. The minimum Gasteiger partial charge on any atom is -0.396 e. The zero-order valence-electron chi connectivity index (χ0n) is 29.5. The Morgan fingerprint density at radius 1 is 1.00 bits per heavy atom. The van der Waals surface area contributed by atoms with Crippen molar-refractivity contribution in [1.82, 2.24) is 0 Å². The molecule has 6 fully saturated rings. The van der Waals surface area contributed by atoms with Crippen molar-refractivity contribution >= 4 is 0 Å². The van der Waals surface area contributed by atoms with Crippen molar-refractivity contribution in [2.45, 2.75) is 154 Å². The summed E-state index contributed by atoms with van der Waals surface area (Å²) in [6, 6.07) is 0. The smallest absolute Gasteiger partial charge is 0.186 e. The predicted molar refractivity (Wildman–Crippen MR) is 181 cm³/mol. The molecular formula is C40H60O8. The van der Waals surface area contributed by atoms with Gasteiger partial charge in [0, 0.05) is 12.2 Å². The molecule has 17 unspecified atom stereocenters. The third-order valence-electron chi connectivity index (χ3n) is 14.9. The number of rotatable bonds is 7. The van der Waals surface area contributed by atoms with Crippen LogP contribution in [0.3, 0.4) is 0 Å². The maximum Gasteiger partial charge on any atom is 0.186 e. The molecule has 3 aliphatic heterocycles. The Labute approximate surface area is 287 Å². The van der Waals surface area contributed by atoms with Crippen LogP contribution in [0, 0.1) is 46.3 Å². The average molecular weight is 669 g/mol. The zero-order chi connectivity index (χ0) is 33.4. The third-order valence-corrected chi connectivity index (χ3v) is 14.9. The van der Waals surface area contributed by atoms with Crippen molar-refractivity contribution in [3.8, 4) is 0 Å².